The summed E-state index contributed by atoms with van der Waals surface area (Å²) in [6.45, 7) is 3.15. The summed E-state index contributed by atoms with van der Waals surface area (Å²) < 4.78 is 0. The Labute approximate surface area is 86.5 Å². The lowest BCUT2D eigenvalue weighted by Gasteiger charge is -2.28. The van der Waals surface area contributed by atoms with Crippen molar-refractivity contribution < 1.29 is 5.11 Å². The second-order valence-electron chi connectivity index (χ2n) is 4.94. The number of β-amino-alcohol motifs (C(OH)–C–C–N with tert-alkyl or cyclic N) is 1. The summed E-state index contributed by atoms with van der Waals surface area (Å²) in [5.41, 5.74) is -0.359. The molecule has 0 amide bonds. The maximum Gasteiger partial charge on any atom is 0.0774 e. The van der Waals surface area contributed by atoms with E-state index in [0.29, 0.717) is 6.04 Å². The molecule has 2 fully saturated rings. The fraction of sp³-hybridized carbons (Fsp3) is 1.00. The van der Waals surface area contributed by atoms with E-state index >= 15 is 0 Å². The predicted molar refractivity (Wildman–Crippen MR) is 57.3 cm³/mol. The van der Waals surface area contributed by atoms with Gasteiger partial charge in [0.05, 0.1) is 5.60 Å². The summed E-state index contributed by atoms with van der Waals surface area (Å²) in [6, 6.07) is 0.639. The Hall–Kier alpha value is -0.120. The van der Waals surface area contributed by atoms with E-state index < -0.39 is 0 Å². The van der Waals surface area contributed by atoms with Gasteiger partial charge in [-0.05, 0) is 32.9 Å². The minimum atomic E-state index is -0.359. The highest BCUT2D eigenvalue weighted by Gasteiger charge is 2.34. The lowest BCUT2D eigenvalue weighted by atomic mass is 10.0. The van der Waals surface area contributed by atoms with Crippen molar-refractivity contribution in [1.82, 2.24) is 10.2 Å². The van der Waals surface area contributed by atoms with Crippen LogP contribution in [-0.2, 0) is 0 Å². The molecule has 0 aromatic heterocycles. The molecule has 1 atom stereocenters. The molecule has 0 radical (unpaired) electrons. The second-order valence-corrected chi connectivity index (χ2v) is 4.94. The number of nitrogens with zero attached hydrogens (tertiary/aromatic N) is 1. The van der Waals surface area contributed by atoms with E-state index in [9.17, 15) is 5.11 Å². The highest BCUT2D eigenvalue weighted by Crippen LogP contribution is 2.30. The monoisotopic (exact) mass is 198 g/mol. The molecule has 14 heavy (non-hydrogen) atoms. The zero-order chi connectivity index (χ0) is 10.0. The third-order valence-corrected chi connectivity index (χ3v) is 3.73. The minimum Gasteiger partial charge on any atom is -0.389 e. The van der Waals surface area contributed by atoms with Crippen molar-refractivity contribution in [2.75, 3.05) is 26.7 Å². The van der Waals surface area contributed by atoms with Gasteiger partial charge in [0.1, 0.15) is 0 Å². The average Bonchev–Trinajstić information content (AvgIpc) is 2.75. The van der Waals surface area contributed by atoms with Crippen LogP contribution in [0.25, 0.3) is 0 Å². The third kappa shape index (κ3) is 2.27. The van der Waals surface area contributed by atoms with Crippen molar-refractivity contribution in [3.63, 3.8) is 0 Å². The van der Waals surface area contributed by atoms with Gasteiger partial charge in [-0.25, -0.2) is 0 Å². The van der Waals surface area contributed by atoms with E-state index in [1.807, 2.05) is 7.05 Å². The topological polar surface area (TPSA) is 35.5 Å². The molecule has 0 spiro atoms. The SMILES string of the molecule is CNC1CCN(CC2(O)CCCC2)C1. The van der Waals surface area contributed by atoms with Gasteiger partial charge in [-0.2, -0.15) is 0 Å². The highest BCUT2D eigenvalue weighted by atomic mass is 16.3. The van der Waals surface area contributed by atoms with Crippen LogP contribution in [0.5, 0.6) is 0 Å². The van der Waals surface area contributed by atoms with Crippen LogP contribution in [0.1, 0.15) is 32.1 Å². The van der Waals surface area contributed by atoms with Gasteiger partial charge in [0.2, 0.25) is 0 Å². The molecule has 0 aromatic rings. The number of hydrogen-bond acceptors (Lipinski definition) is 3. The first-order chi connectivity index (χ1) is 6.72. The summed E-state index contributed by atoms with van der Waals surface area (Å²) in [5.74, 6) is 0. The fourth-order valence-electron chi connectivity index (χ4n) is 2.82. The van der Waals surface area contributed by atoms with E-state index in [0.717, 1.165) is 32.5 Å². The Morgan fingerprint density at radius 1 is 1.43 bits per heavy atom. The normalized spacial score (nSPS) is 32.6. The van der Waals surface area contributed by atoms with Crippen LogP contribution in [0.3, 0.4) is 0 Å². The molecule has 0 aromatic carbocycles. The molecule has 2 rings (SSSR count). The molecule has 1 saturated carbocycles. The van der Waals surface area contributed by atoms with E-state index in [4.69, 9.17) is 0 Å². The molecular formula is C11H22N2O. The number of hydrogen-bond donors (Lipinski definition) is 2. The van der Waals surface area contributed by atoms with Crippen LogP contribution in [0, 0.1) is 0 Å². The number of nitrogens with one attached hydrogen (secondary N) is 1. The molecule has 3 heteroatoms. The van der Waals surface area contributed by atoms with Gasteiger partial charge in [-0.1, -0.05) is 12.8 Å². The molecule has 0 bridgehead atoms. The van der Waals surface area contributed by atoms with Crippen molar-refractivity contribution in [3.05, 3.63) is 0 Å². The number of likely N-dealkylation sites (tertiary alicyclic amines) is 1. The van der Waals surface area contributed by atoms with Crippen LogP contribution < -0.4 is 5.32 Å². The first kappa shape index (κ1) is 10.4. The van der Waals surface area contributed by atoms with Gasteiger partial charge in [-0.15, -0.1) is 0 Å². The Balaban J connectivity index is 1.80. The van der Waals surface area contributed by atoms with E-state index in [2.05, 4.69) is 10.2 Å². The standard InChI is InChI=1S/C11H22N2O/c1-12-10-4-7-13(8-10)9-11(14)5-2-3-6-11/h10,12,14H,2-9H2,1H3. The first-order valence-corrected chi connectivity index (χ1v) is 5.84. The smallest absolute Gasteiger partial charge is 0.0774 e. The molecular weight excluding hydrogens is 176 g/mol. The molecule has 1 saturated heterocycles. The minimum absolute atomic E-state index is 0.359. The lowest BCUT2D eigenvalue weighted by Crippen LogP contribution is -2.41. The summed E-state index contributed by atoms with van der Waals surface area (Å²) in [6.07, 6.45) is 5.66. The zero-order valence-electron chi connectivity index (χ0n) is 9.13. The van der Waals surface area contributed by atoms with Gasteiger partial charge in [0.15, 0.2) is 0 Å². The second kappa shape index (κ2) is 4.17. The van der Waals surface area contributed by atoms with Crippen molar-refractivity contribution >= 4 is 0 Å². The first-order valence-electron chi connectivity index (χ1n) is 5.84. The van der Waals surface area contributed by atoms with E-state index in [1.165, 1.54) is 19.3 Å². The predicted octanol–water partition coefficient (Wildman–Crippen LogP) is 0.585. The Kier molecular flexibility index (Phi) is 3.10. The third-order valence-electron chi connectivity index (χ3n) is 3.73. The van der Waals surface area contributed by atoms with Crippen LogP contribution in [0.4, 0.5) is 0 Å². The number of rotatable bonds is 3. The van der Waals surface area contributed by atoms with Gasteiger partial charge >= 0.3 is 0 Å². The maximum atomic E-state index is 10.2. The molecule has 2 N–H and O–H groups in total. The van der Waals surface area contributed by atoms with Gasteiger partial charge < -0.3 is 10.4 Å². The lowest BCUT2D eigenvalue weighted by molar-refractivity contribution is 0.0153. The van der Waals surface area contributed by atoms with E-state index in [-0.39, 0.29) is 5.60 Å². The summed E-state index contributed by atoms with van der Waals surface area (Å²) in [4.78, 5) is 2.41. The molecule has 2 aliphatic rings. The van der Waals surface area contributed by atoms with Gasteiger partial charge in [0.25, 0.3) is 0 Å². The summed E-state index contributed by atoms with van der Waals surface area (Å²) in [7, 11) is 2.03. The molecule has 1 aliphatic carbocycles. The van der Waals surface area contributed by atoms with Crippen molar-refractivity contribution in [2.24, 2.45) is 0 Å². The Bertz CT molecular complexity index is 190. The average molecular weight is 198 g/mol. The maximum absolute atomic E-state index is 10.2. The molecule has 3 nitrogen and oxygen atoms in total. The highest BCUT2D eigenvalue weighted by molar-refractivity contribution is 4.90. The number of aliphatic hydroxyl groups is 1. The summed E-state index contributed by atoms with van der Waals surface area (Å²) in [5, 5.41) is 13.6. The van der Waals surface area contributed by atoms with Crippen LogP contribution >= 0.6 is 0 Å². The van der Waals surface area contributed by atoms with E-state index in [1.54, 1.807) is 0 Å². The van der Waals surface area contributed by atoms with Crippen LogP contribution in [0.15, 0.2) is 0 Å². The van der Waals surface area contributed by atoms with Gasteiger partial charge in [0, 0.05) is 19.1 Å². The molecule has 1 aliphatic heterocycles. The Morgan fingerprint density at radius 2 is 2.14 bits per heavy atom. The summed E-state index contributed by atoms with van der Waals surface area (Å²) >= 11 is 0. The fourth-order valence-corrected chi connectivity index (χ4v) is 2.82. The molecule has 1 heterocycles. The van der Waals surface area contributed by atoms with Crippen LogP contribution in [0.2, 0.25) is 0 Å². The Morgan fingerprint density at radius 3 is 2.71 bits per heavy atom. The quantitative estimate of drug-likeness (QED) is 0.696. The van der Waals surface area contributed by atoms with Crippen molar-refractivity contribution in [2.45, 2.75) is 43.7 Å². The van der Waals surface area contributed by atoms with Crippen LogP contribution in [-0.4, -0.2) is 48.3 Å². The number of likely N-dealkylation sites (N-methyl/N-ethyl adjacent to an activating group) is 1. The van der Waals surface area contributed by atoms with Crippen molar-refractivity contribution in [1.29, 1.82) is 0 Å². The zero-order valence-corrected chi connectivity index (χ0v) is 9.13. The molecule has 1 unspecified atom stereocenters. The largest absolute Gasteiger partial charge is 0.389 e. The van der Waals surface area contributed by atoms with Gasteiger partial charge in [-0.3, -0.25) is 4.90 Å². The molecule has 82 valence electrons. The van der Waals surface area contributed by atoms with Crippen molar-refractivity contribution in [3.8, 4) is 0 Å².